The Balaban J connectivity index is 1.60. The summed E-state index contributed by atoms with van der Waals surface area (Å²) in [7, 11) is 2.13. The number of nitrogens with zero attached hydrogens (tertiary/aromatic N) is 1. The van der Waals surface area contributed by atoms with Crippen molar-refractivity contribution in [3.63, 3.8) is 0 Å². The third kappa shape index (κ3) is 2.14. The molecule has 0 aromatic heterocycles. The molecule has 3 aliphatic heterocycles. The average Bonchev–Trinajstić information content (AvgIpc) is 2.87. The summed E-state index contributed by atoms with van der Waals surface area (Å²) in [6.07, 6.45) is 7.18. The largest absolute Gasteiger partial charge is 0.317 e. The standard InChI is InChI=1S/C13H24N2S/c1-14-11-6-12-2-3-13(7-11)15(12)8-10-4-5-16-9-10/h10-14H,2-9H2,1H3. The van der Waals surface area contributed by atoms with E-state index in [1.54, 1.807) is 0 Å². The number of rotatable bonds is 3. The molecule has 3 unspecified atom stereocenters. The van der Waals surface area contributed by atoms with Gasteiger partial charge in [0, 0.05) is 24.7 Å². The predicted octanol–water partition coefficient (Wildman–Crippen LogP) is 1.95. The molecule has 3 atom stereocenters. The van der Waals surface area contributed by atoms with E-state index in [4.69, 9.17) is 0 Å². The Morgan fingerprint density at radius 2 is 1.94 bits per heavy atom. The van der Waals surface area contributed by atoms with Crippen LogP contribution in [0.1, 0.15) is 32.1 Å². The van der Waals surface area contributed by atoms with Crippen molar-refractivity contribution in [2.75, 3.05) is 25.1 Å². The zero-order valence-electron chi connectivity index (χ0n) is 10.3. The van der Waals surface area contributed by atoms with E-state index in [9.17, 15) is 0 Å². The van der Waals surface area contributed by atoms with Crippen LogP contribution in [0.5, 0.6) is 0 Å². The van der Waals surface area contributed by atoms with Gasteiger partial charge in [-0.2, -0.15) is 11.8 Å². The molecule has 3 heterocycles. The number of hydrogen-bond donors (Lipinski definition) is 1. The zero-order valence-corrected chi connectivity index (χ0v) is 11.1. The molecule has 0 saturated carbocycles. The summed E-state index contributed by atoms with van der Waals surface area (Å²) < 4.78 is 0. The Hall–Kier alpha value is 0.270. The molecule has 2 bridgehead atoms. The second-order valence-electron chi connectivity index (χ2n) is 5.77. The molecule has 2 nitrogen and oxygen atoms in total. The van der Waals surface area contributed by atoms with Crippen molar-refractivity contribution in [3.8, 4) is 0 Å². The maximum atomic E-state index is 3.49. The molecule has 92 valence electrons. The summed E-state index contributed by atoms with van der Waals surface area (Å²) in [6, 6.07) is 2.61. The van der Waals surface area contributed by atoms with Crippen molar-refractivity contribution in [1.29, 1.82) is 0 Å². The van der Waals surface area contributed by atoms with Gasteiger partial charge in [-0.1, -0.05) is 0 Å². The van der Waals surface area contributed by atoms with Crippen LogP contribution in [-0.2, 0) is 0 Å². The minimum Gasteiger partial charge on any atom is -0.317 e. The van der Waals surface area contributed by atoms with Gasteiger partial charge in [0.05, 0.1) is 0 Å². The van der Waals surface area contributed by atoms with Crippen molar-refractivity contribution in [2.24, 2.45) is 5.92 Å². The lowest BCUT2D eigenvalue weighted by molar-refractivity contribution is 0.104. The summed E-state index contributed by atoms with van der Waals surface area (Å²) in [5.41, 5.74) is 0. The van der Waals surface area contributed by atoms with Gasteiger partial charge in [-0.05, 0) is 56.6 Å². The molecule has 3 rings (SSSR count). The highest BCUT2D eigenvalue weighted by molar-refractivity contribution is 7.99. The molecular weight excluding hydrogens is 216 g/mol. The van der Waals surface area contributed by atoms with Crippen LogP contribution in [0.2, 0.25) is 0 Å². The van der Waals surface area contributed by atoms with Crippen molar-refractivity contribution in [3.05, 3.63) is 0 Å². The van der Waals surface area contributed by atoms with Crippen LogP contribution in [0.3, 0.4) is 0 Å². The fourth-order valence-corrected chi connectivity index (χ4v) is 5.11. The molecule has 0 aromatic carbocycles. The molecule has 3 heteroatoms. The van der Waals surface area contributed by atoms with E-state index in [2.05, 4.69) is 29.0 Å². The molecule has 3 saturated heterocycles. The Morgan fingerprint density at radius 1 is 1.19 bits per heavy atom. The number of piperidine rings is 1. The van der Waals surface area contributed by atoms with Crippen molar-refractivity contribution < 1.29 is 0 Å². The van der Waals surface area contributed by atoms with E-state index in [1.807, 2.05) is 0 Å². The maximum absolute atomic E-state index is 3.49. The summed E-state index contributed by atoms with van der Waals surface area (Å²) in [5, 5.41) is 3.49. The SMILES string of the molecule is CNC1CC2CCC(C1)N2CC1CCSC1. The highest BCUT2D eigenvalue weighted by Crippen LogP contribution is 2.37. The fourth-order valence-electron chi connectivity index (χ4n) is 3.83. The summed E-state index contributed by atoms with van der Waals surface area (Å²) in [4.78, 5) is 2.87. The maximum Gasteiger partial charge on any atom is 0.0114 e. The van der Waals surface area contributed by atoms with Crippen LogP contribution in [0, 0.1) is 5.92 Å². The van der Waals surface area contributed by atoms with Gasteiger partial charge in [0.25, 0.3) is 0 Å². The van der Waals surface area contributed by atoms with Gasteiger partial charge in [-0.3, -0.25) is 4.90 Å². The van der Waals surface area contributed by atoms with E-state index >= 15 is 0 Å². The summed E-state index contributed by atoms with van der Waals surface area (Å²) in [5.74, 6) is 3.83. The molecule has 0 spiro atoms. The van der Waals surface area contributed by atoms with Gasteiger partial charge in [0.1, 0.15) is 0 Å². The third-order valence-corrected chi connectivity index (χ3v) is 6.02. The molecule has 1 N–H and O–H groups in total. The average molecular weight is 240 g/mol. The number of fused-ring (bicyclic) bond motifs is 2. The Bertz CT molecular complexity index is 226. The molecule has 16 heavy (non-hydrogen) atoms. The topological polar surface area (TPSA) is 15.3 Å². The number of hydrogen-bond acceptors (Lipinski definition) is 3. The normalized spacial score (nSPS) is 44.1. The third-order valence-electron chi connectivity index (χ3n) is 4.79. The van der Waals surface area contributed by atoms with Crippen LogP contribution < -0.4 is 5.32 Å². The van der Waals surface area contributed by atoms with E-state index < -0.39 is 0 Å². The molecule has 3 fully saturated rings. The first-order chi connectivity index (χ1) is 7.86. The minimum atomic E-state index is 0.798. The number of thioether (sulfide) groups is 1. The highest BCUT2D eigenvalue weighted by Gasteiger charge is 2.40. The predicted molar refractivity (Wildman–Crippen MR) is 71.0 cm³/mol. The zero-order chi connectivity index (χ0) is 11.0. The Morgan fingerprint density at radius 3 is 2.50 bits per heavy atom. The number of nitrogens with one attached hydrogen (secondary N) is 1. The van der Waals surface area contributed by atoms with Gasteiger partial charge >= 0.3 is 0 Å². The lowest BCUT2D eigenvalue weighted by Gasteiger charge is -2.40. The smallest absolute Gasteiger partial charge is 0.0114 e. The van der Waals surface area contributed by atoms with Crippen molar-refractivity contribution in [2.45, 2.75) is 50.2 Å². The van der Waals surface area contributed by atoms with Gasteiger partial charge in [-0.15, -0.1) is 0 Å². The van der Waals surface area contributed by atoms with Crippen LogP contribution in [0.15, 0.2) is 0 Å². The van der Waals surface area contributed by atoms with E-state index in [0.29, 0.717) is 0 Å². The summed E-state index contributed by atoms with van der Waals surface area (Å²) >= 11 is 2.16. The van der Waals surface area contributed by atoms with Gasteiger partial charge in [-0.25, -0.2) is 0 Å². The first kappa shape index (κ1) is 11.4. The van der Waals surface area contributed by atoms with Crippen LogP contribution in [-0.4, -0.2) is 48.1 Å². The first-order valence-electron chi connectivity index (χ1n) is 6.87. The van der Waals surface area contributed by atoms with Crippen LogP contribution >= 0.6 is 11.8 Å². The lowest BCUT2D eigenvalue weighted by atomic mass is 9.95. The molecular formula is C13H24N2S. The van der Waals surface area contributed by atoms with Crippen LogP contribution in [0.4, 0.5) is 0 Å². The van der Waals surface area contributed by atoms with Crippen molar-refractivity contribution in [1.82, 2.24) is 10.2 Å². The molecule has 3 aliphatic rings. The fraction of sp³-hybridized carbons (Fsp3) is 1.00. The quantitative estimate of drug-likeness (QED) is 0.812. The Labute approximate surface area is 104 Å². The molecule has 0 aliphatic carbocycles. The van der Waals surface area contributed by atoms with Crippen LogP contribution in [0.25, 0.3) is 0 Å². The van der Waals surface area contributed by atoms with Gasteiger partial charge in [0.15, 0.2) is 0 Å². The lowest BCUT2D eigenvalue weighted by Crippen LogP contribution is -2.49. The monoisotopic (exact) mass is 240 g/mol. The second kappa shape index (κ2) is 4.87. The van der Waals surface area contributed by atoms with Gasteiger partial charge in [0.2, 0.25) is 0 Å². The molecule has 0 radical (unpaired) electrons. The summed E-state index contributed by atoms with van der Waals surface area (Å²) in [6.45, 7) is 1.40. The van der Waals surface area contributed by atoms with E-state index in [1.165, 1.54) is 50.2 Å². The van der Waals surface area contributed by atoms with E-state index in [-0.39, 0.29) is 0 Å². The first-order valence-corrected chi connectivity index (χ1v) is 8.03. The Kier molecular flexibility index (Phi) is 3.46. The van der Waals surface area contributed by atoms with E-state index in [0.717, 1.165) is 24.0 Å². The van der Waals surface area contributed by atoms with Crippen molar-refractivity contribution >= 4 is 11.8 Å². The van der Waals surface area contributed by atoms with Gasteiger partial charge < -0.3 is 5.32 Å². The molecule has 0 aromatic rings. The highest BCUT2D eigenvalue weighted by atomic mass is 32.2. The molecule has 0 amide bonds. The minimum absolute atomic E-state index is 0.798. The second-order valence-corrected chi connectivity index (χ2v) is 6.92.